The molecule has 0 radical (unpaired) electrons. The van der Waals surface area contributed by atoms with Gasteiger partial charge in [-0.1, -0.05) is 25.5 Å². The van der Waals surface area contributed by atoms with Crippen molar-refractivity contribution in [3.05, 3.63) is 58.7 Å². The number of hydrogen-bond acceptors (Lipinski definition) is 1. The highest BCUT2D eigenvalue weighted by Crippen LogP contribution is 2.40. The molecule has 0 N–H and O–H groups in total. The number of ether oxygens (including phenoxy) is 1. The van der Waals surface area contributed by atoms with E-state index in [1.165, 1.54) is 12.1 Å². The molecule has 0 unspecified atom stereocenters. The molecule has 0 spiro atoms. The van der Waals surface area contributed by atoms with Gasteiger partial charge in [0.15, 0.2) is 11.6 Å². The zero-order valence-corrected chi connectivity index (χ0v) is 12.3. The highest BCUT2D eigenvalue weighted by Gasteiger charge is 2.42. The van der Waals surface area contributed by atoms with Gasteiger partial charge < -0.3 is 4.74 Å². The Balaban J connectivity index is 2.45. The lowest BCUT2D eigenvalue weighted by molar-refractivity contribution is -0.143. The molecule has 0 bridgehead atoms. The summed E-state index contributed by atoms with van der Waals surface area (Å²) in [6.07, 6.45) is -4.01. The first kappa shape index (κ1) is 18.1. The zero-order chi connectivity index (χ0) is 18.1. The van der Waals surface area contributed by atoms with Crippen LogP contribution >= 0.6 is 0 Å². The number of hydrogen-bond donors (Lipinski definition) is 0. The lowest BCUT2D eigenvalue weighted by Gasteiger charge is -2.14. The monoisotopic (exact) mass is 352 g/mol. The van der Waals surface area contributed by atoms with Gasteiger partial charge in [-0.15, -0.1) is 0 Å². The first-order valence-corrected chi connectivity index (χ1v) is 6.86. The molecule has 0 aliphatic heterocycles. The Bertz CT molecular complexity index is 707. The van der Waals surface area contributed by atoms with Crippen LogP contribution in [0.3, 0.4) is 0 Å². The van der Waals surface area contributed by atoms with Gasteiger partial charge in [0, 0.05) is 0 Å². The Morgan fingerprint density at radius 2 is 1.33 bits per heavy atom. The topological polar surface area (TPSA) is 9.23 Å². The Kier molecular flexibility index (Phi) is 5.05. The minimum Gasteiger partial charge on any atom is -0.451 e. The lowest BCUT2D eigenvalue weighted by Crippen LogP contribution is -2.15. The van der Waals surface area contributed by atoms with Crippen molar-refractivity contribution in [2.75, 3.05) is 0 Å². The van der Waals surface area contributed by atoms with Crippen LogP contribution in [-0.4, -0.2) is 0 Å². The number of halogens is 7. The van der Waals surface area contributed by atoms with Crippen LogP contribution in [-0.2, 0) is 12.6 Å². The van der Waals surface area contributed by atoms with Crippen molar-refractivity contribution in [3.8, 4) is 11.5 Å². The molecule has 8 heteroatoms. The van der Waals surface area contributed by atoms with Crippen LogP contribution in [0.25, 0.3) is 0 Å². The molecular weight excluding hydrogens is 341 g/mol. The van der Waals surface area contributed by atoms with E-state index < -0.39 is 40.8 Å². The van der Waals surface area contributed by atoms with E-state index >= 15 is 0 Å². The predicted octanol–water partition coefficient (Wildman–Crippen LogP) is 6.01. The fourth-order valence-electron chi connectivity index (χ4n) is 2.08. The highest BCUT2D eigenvalue weighted by molar-refractivity contribution is 5.39. The van der Waals surface area contributed by atoms with Crippen LogP contribution in [0.1, 0.15) is 24.5 Å². The van der Waals surface area contributed by atoms with Crippen molar-refractivity contribution in [2.24, 2.45) is 0 Å². The third-order valence-corrected chi connectivity index (χ3v) is 3.19. The summed E-state index contributed by atoms with van der Waals surface area (Å²) >= 11 is 0. The number of aryl methyl sites for hydroxylation is 1. The van der Waals surface area contributed by atoms with Gasteiger partial charge in [0.2, 0.25) is 17.4 Å². The number of alkyl halides is 3. The summed E-state index contributed by atoms with van der Waals surface area (Å²) in [5, 5.41) is 0. The summed E-state index contributed by atoms with van der Waals surface area (Å²) in [6.45, 7) is 1.93. The minimum absolute atomic E-state index is 0.175. The van der Waals surface area contributed by atoms with E-state index in [-0.39, 0.29) is 5.75 Å². The molecule has 0 saturated carbocycles. The second-order valence-corrected chi connectivity index (χ2v) is 4.95. The Morgan fingerprint density at radius 3 is 1.75 bits per heavy atom. The molecule has 0 aliphatic rings. The van der Waals surface area contributed by atoms with Crippen LogP contribution < -0.4 is 4.74 Å². The van der Waals surface area contributed by atoms with Gasteiger partial charge in [-0.05, 0) is 24.1 Å². The molecule has 2 aromatic carbocycles. The quantitative estimate of drug-likeness (QED) is 0.484. The van der Waals surface area contributed by atoms with Gasteiger partial charge in [-0.25, -0.2) is 8.78 Å². The Morgan fingerprint density at radius 1 is 0.833 bits per heavy atom. The lowest BCUT2D eigenvalue weighted by atomic mass is 10.1. The van der Waals surface area contributed by atoms with Crippen molar-refractivity contribution in [1.82, 2.24) is 0 Å². The third kappa shape index (κ3) is 3.47. The van der Waals surface area contributed by atoms with Crippen molar-refractivity contribution in [2.45, 2.75) is 25.9 Å². The van der Waals surface area contributed by atoms with Crippen molar-refractivity contribution in [3.63, 3.8) is 0 Å². The van der Waals surface area contributed by atoms with Crippen LogP contribution in [0.4, 0.5) is 30.7 Å². The van der Waals surface area contributed by atoms with E-state index in [2.05, 4.69) is 0 Å². The first-order valence-electron chi connectivity index (χ1n) is 6.86. The fraction of sp³-hybridized carbons (Fsp3) is 0.250. The largest absolute Gasteiger partial charge is 0.451 e. The third-order valence-electron chi connectivity index (χ3n) is 3.19. The SMILES string of the molecule is CCCc1ccc(Oc2c(F)c(F)c(C(F)(F)F)c(F)c2F)cc1. The average Bonchev–Trinajstić information content (AvgIpc) is 2.50. The van der Waals surface area contributed by atoms with E-state index in [0.717, 1.165) is 18.4 Å². The second kappa shape index (κ2) is 6.70. The molecule has 24 heavy (non-hydrogen) atoms. The van der Waals surface area contributed by atoms with Crippen LogP contribution in [0.15, 0.2) is 24.3 Å². The molecule has 0 atom stereocenters. The van der Waals surface area contributed by atoms with Crippen molar-refractivity contribution >= 4 is 0 Å². The summed E-state index contributed by atoms with van der Waals surface area (Å²) in [7, 11) is 0. The fourth-order valence-corrected chi connectivity index (χ4v) is 2.08. The summed E-state index contributed by atoms with van der Waals surface area (Å²) in [5.74, 6) is -11.4. The van der Waals surface area contributed by atoms with Crippen molar-refractivity contribution < 1.29 is 35.5 Å². The summed E-state index contributed by atoms with van der Waals surface area (Å²) < 4.78 is 96.6. The normalized spacial score (nSPS) is 11.7. The molecule has 0 heterocycles. The standard InChI is InChI=1S/C16H11F7O/c1-2-3-8-4-6-9(7-5-8)24-15-13(19)11(17)10(16(21,22)23)12(18)14(15)20/h4-7H,2-3H2,1H3. The average molecular weight is 352 g/mol. The maximum Gasteiger partial charge on any atom is 0.422 e. The van der Waals surface area contributed by atoms with Crippen LogP contribution in [0.2, 0.25) is 0 Å². The van der Waals surface area contributed by atoms with E-state index in [1.54, 1.807) is 12.1 Å². The smallest absolute Gasteiger partial charge is 0.422 e. The van der Waals surface area contributed by atoms with Crippen LogP contribution in [0, 0.1) is 23.3 Å². The van der Waals surface area contributed by atoms with E-state index in [0.29, 0.717) is 0 Å². The molecule has 0 amide bonds. The maximum atomic E-state index is 13.7. The molecule has 2 rings (SSSR count). The molecule has 130 valence electrons. The van der Waals surface area contributed by atoms with Gasteiger partial charge >= 0.3 is 6.18 Å². The van der Waals surface area contributed by atoms with E-state index in [9.17, 15) is 30.7 Å². The highest BCUT2D eigenvalue weighted by atomic mass is 19.4. The molecular formula is C16H11F7O. The van der Waals surface area contributed by atoms with Gasteiger partial charge in [0.05, 0.1) is 0 Å². The Hall–Kier alpha value is -2.25. The first-order chi connectivity index (χ1) is 11.2. The molecule has 1 nitrogen and oxygen atoms in total. The van der Waals surface area contributed by atoms with Gasteiger partial charge in [0.1, 0.15) is 11.3 Å². The van der Waals surface area contributed by atoms with Crippen molar-refractivity contribution in [1.29, 1.82) is 0 Å². The van der Waals surface area contributed by atoms with E-state index in [1.807, 2.05) is 6.92 Å². The van der Waals surface area contributed by atoms with Gasteiger partial charge in [-0.2, -0.15) is 22.0 Å². The number of benzene rings is 2. The zero-order valence-electron chi connectivity index (χ0n) is 12.3. The molecule has 0 saturated heterocycles. The van der Waals surface area contributed by atoms with E-state index in [4.69, 9.17) is 4.74 Å². The molecule has 2 aromatic rings. The molecule has 0 aliphatic carbocycles. The second-order valence-electron chi connectivity index (χ2n) is 4.95. The van der Waals surface area contributed by atoms with Gasteiger partial charge in [-0.3, -0.25) is 0 Å². The maximum absolute atomic E-state index is 13.7. The molecule has 0 aromatic heterocycles. The Labute approximate surface area is 132 Å². The van der Waals surface area contributed by atoms with Gasteiger partial charge in [0.25, 0.3) is 0 Å². The predicted molar refractivity (Wildman–Crippen MR) is 71.8 cm³/mol. The molecule has 0 fully saturated rings. The summed E-state index contributed by atoms with van der Waals surface area (Å²) in [6, 6.07) is 5.70. The number of rotatable bonds is 4. The minimum atomic E-state index is -5.59. The van der Waals surface area contributed by atoms with Crippen LogP contribution in [0.5, 0.6) is 11.5 Å². The summed E-state index contributed by atoms with van der Waals surface area (Å²) in [4.78, 5) is 0. The summed E-state index contributed by atoms with van der Waals surface area (Å²) in [5.41, 5.74) is -1.75.